The van der Waals surface area contributed by atoms with Crippen molar-refractivity contribution in [3.63, 3.8) is 0 Å². The van der Waals surface area contributed by atoms with E-state index in [-0.39, 0.29) is 12.4 Å². The normalized spacial score (nSPS) is 9.76. The number of Topliss-reactive ketones (excluding diaryl/α,β-unsaturated/α-hetero) is 1. The lowest BCUT2D eigenvalue weighted by atomic mass is 10.1. The number of carbonyl (C=O) groups excluding carboxylic acids is 1. The highest BCUT2D eigenvalue weighted by atomic mass is 16.5. The number of methoxy groups -OCH3 is 1. The van der Waals surface area contributed by atoms with Gasteiger partial charge in [0.05, 0.1) is 18.7 Å². The Kier molecular flexibility index (Phi) is 4.57. The summed E-state index contributed by atoms with van der Waals surface area (Å²) in [5.41, 5.74) is 1.92. The molecule has 0 saturated heterocycles. The van der Waals surface area contributed by atoms with E-state index in [1.54, 1.807) is 49.6 Å². The van der Waals surface area contributed by atoms with E-state index in [4.69, 9.17) is 14.7 Å². The molecule has 0 heterocycles. The third-order valence-electron chi connectivity index (χ3n) is 3.07. The molecule has 0 atom stereocenters. The van der Waals surface area contributed by atoms with E-state index in [1.165, 1.54) is 0 Å². The Bertz CT molecular complexity index is 701. The number of rotatable bonds is 5. The zero-order valence-electron chi connectivity index (χ0n) is 11.9. The van der Waals surface area contributed by atoms with E-state index >= 15 is 0 Å². The van der Waals surface area contributed by atoms with Crippen LogP contribution in [0.5, 0.6) is 11.5 Å². The zero-order chi connectivity index (χ0) is 15.2. The van der Waals surface area contributed by atoms with Gasteiger partial charge in [0.15, 0.2) is 12.4 Å². The van der Waals surface area contributed by atoms with Gasteiger partial charge in [-0.1, -0.05) is 18.2 Å². The van der Waals surface area contributed by atoms with Crippen LogP contribution in [-0.2, 0) is 0 Å². The van der Waals surface area contributed by atoms with Crippen molar-refractivity contribution >= 4 is 5.78 Å². The lowest BCUT2D eigenvalue weighted by Gasteiger charge is -2.09. The fourth-order valence-electron chi connectivity index (χ4n) is 1.85. The minimum absolute atomic E-state index is 0.0805. The summed E-state index contributed by atoms with van der Waals surface area (Å²) in [4.78, 5) is 12.1. The lowest BCUT2D eigenvalue weighted by molar-refractivity contribution is 0.0921. The van der Waals surface area contributed by atoms with Crippen LogP contribution in [0.4, 0.5) is 0 Å². The van der Waals surface area contributed by atoms with Crippen molar-refractivity contribution in [2.75, 3.05) is 13.7 Å². The van der Waals surface area contributed by atoms with Crippen molar-refractivity contribution in [1.29, 1.82) is 5.26 Å². The Labute approximate surface area is 123 Å². The number of nitriles is 1. The molecule has 0 radical (unpaired) electrons. The quantitative estimate of drug-likeness (QED) is 0.790. The third kappa shape index (κ3) is 3.61. The summed E-state index contributed by atoms with van der Waals surface area (Å²) >= 11 is 0. The Morgan fingerprint density at radius 3 is 2.76 bits per heavy atom. The van der Waals surface area contributed by atoms with Gasteiger partial charge in [0, 0.05) is 5.56 Å². The van der Waals surface area contributed by atoms with Gasteiger partial charge in [0.25, 0.3) is 0 Å². The van der Waals surface area contributed by atoms with Crippen LogP contribution in [0, 0.1) is 18.3 Å². The molecule has 2 aromatic carbocycles. The van der Waals surface area contributed by atoms with Gasteiger partial charge >= 0.3 is 0 Å². The maximum Gasteiger partial charge on any atom is 0.200 e. The van der Waals surface area contributed by atoms with Crippen LogP contribution in [0.3, 0.4) is 0 Å². The zero-order valence-corrected chi connectivity index (χ0v) is 11.9. The van der Waals surface area contributed by atoms with Crippen LogP contribution in [-0.4, -0.2) is 19.5 Å². The van der Waals surface area contributed by atoms with E-state index in [0.717, 1.165) is 5.56 Å². The SMILES string of the molecule is COc1cccc(C(=O)COc2cc(C#N)ccc2C)c1. The van der Waals surface area contributed by atoms with Crippen molar-refractivity contribution in [2.24, 2.45) is 0 Å². The minimum atomic E-state index is -0.143. The average molecular weight is 281 g/mol. The molecule has 0 bridgehead atoms. The maximum atomic E-state index is 12.1. The molecular weight excluding hydrogens is 266 g/mol. The number of hydrogen-bond acceptors (Lipinski definition) is 4. The summed E-state index contributed by atoms with van der Waals surface area (Å²) in [5, 5.41) is 8.88. The highest BCUT2D eigenvalue weighted by Gasteiger charge is 2.09. The molecule has 4 nitrogen and oxygen atoms in total. The van der Waals surface area contributed by atoms with Crippen molar-refractivity contribution in [3.8, 4) is 17.6 Å². The molecule has 2 rings (SSSR count). The van der Waals surface area contributed by atoms with E-state index in [0.29, 0.717) is 22.6 Å². The first-order valence-corrected chi connectivity index (χ1v) is 6.45. The largest absolute Gasteiger partial charge is 0.497 e. The van der Waals surface area contributed by atoms with Crippen molar-refractivity contribution < 1.29 is 14.3 Å². The van der Waals surface area contributed by atoms with E-state index in [1.807, 2.05) is 13.0 Å². The molecule has 0 saturated carbocycles. The molecule has 0 N–H and O–H groups in total. The number of nitrogens with zero attached hydrogens (tertiary/aromatic N) is 1. The van der Waals surface area contributed by atoms with Crippen LogP contribution in [0.15, 0.2) is 42.5 Å². The van der Waals surface area contributed by atoms with Crippen LogP contribution >= 0.6 is 0 Å². The van der Waals surface area contributed by atoms with E-state index in [2.05, 4.69) is 0 Å². The summed E-state index contributed by atoms with van der Waals surface area (Å²) in [6.07, 6.45) is 0. The van der Waals surface area contributed by atoms with Gasteiger partial charge in [0.1, 0.15) is 11.5 Å². The van der Waals surface area contributed by atoms with Crippen molar-refractivity contribution in [3.05, 3.63) is 59.2 Å². The molecule has 0 aliphatic rings. The van der Waals surface area contributed by atoms with E-state index in [9.17, 15) is 4.79 Å². The summed E-state index contributed by atoms with van der Waals surface area (Å²) < 4.78 is 10.6. The molecule has 106 valence electrons. The summed E-state index contributed by atoms with van der Waals surface area (Å²) in [6, 6.07) is 14.1. The second-order valence-corrected chi connectivity index (χ2v) is 4.54. The van der Waals surface area contributed by atoms with Crippen molar-refractivity contribution in [2.45, 2.75) is 6.92 Å². The molecule has 0 aromatic heterocycles. The third-order valence-corrected chi connectivity index (χ3v) is 3.07. The molecule has 21 heavy (non-hydrogen) atoms. The molecule has 0 aliphatic carbocycles. The number of aryl methyl sites for hydroxylation is 1. The van der Waals surface area contributed by atoms with Crippen LogP contribution in [0.1, 0.15) is 21.5 Å². The number of benzene rings is 2. The fourth-order valence-corrected chi connectivity index (χ4v) is 1.85. The van der Waals surface area contributed by atoms with Gasteiger partial charge in [-0.3, -0.25) is 4.79 Å². The summed E-state index contributed by atoms with van der Waals surface area (Å²) in [7, 11) is 1.55. The maximum absolute atomic E-state index is 12.1. The summed E-state index contributed by atoms with van der Waals surface area (Å²) in [5.74, 6) is 1.03. The standard InChI is InChI=1S/C17H15NO3/c1-12-6-7-13(10-18)8-17(12)21-11-16(19)14-4-3-5-15(9-14)20-2/h3-9H,11H2,1-2H3. The predicted octanol–water partition coefficient (Wildman–Crippen LogP) is 3.14. The van der Waals surface area contributed by atoms with E-state index < -0.39 is 0 Å². The first-order chi connectivity index (χ1) is 10.1. The smallest absolute Gasteiger partial charge is 0.200 e. The van der Waals surface area contributed by atoms with Crippen LogP contribution < -0.4 is 9.47 Å². The molecule has 0 aliphatic heterocycles. The lowest BCUT2D eigenvalue weighted by Crippen LogP contribution is -2.12. The summed E-state index contributed by atoms with van der Waals surface area (Å²) in [6.45, 7) is 1.79. The average Bonchev–Trinajstić information content (AvgIpc) is 2.53. The minimum Gasteiger partial charge on any atom is -0.497 e. The van der Waals surface area contributed by atoms with Crippen LogP contribution in [0.2, 0.25) is 0 Å². The van der Waals surface area contributed by atoms with Gasteiger partial charge in [-0.2, -0.15) is 5.26 Å². The van der Waals surface area contributed by atoms with Crippen molar-refractivity contribution in [1.82, 2.24) is 0 Å². The number of ether oxygens (including phenoxy) is 2. The Hall–Kier alpha value is -2.80. The second-order valence-electron chi connectivity index (χ2n) is 4.54. The predicted molar refractivity (Wildman–Crippen MR) is 78.7 cm³/mol. The highest BCUT2D eigenvalue weighted by molar-refractivity contribution is 5.97. The molecule has 4 heteroatoms. The number of hydrogen-bond donors (Lipinski definition) is 0. The number of ketones is 1. The van der Waals surface area contributed by atoms with Gasteiger partial charge in [-0.15, -0.1) is 0 Å². The first-order valence-electron chi connectivity index (χ1n) is 6.45. The molecule has 0 fully saturated rings. The number of carbonyl (C=O) groups is 1. The molecule has 0 amide bonds. The van der Waals surface area contributed by atoms with Gasteiger partial charge in [-0.05, 0) is 36.8 Å². The monoisotopic (exact) mass is 281 g/mol. The van der Waals surface area contributed by atoms with Gasteiger partial charge in [0.2, 0.25) is 0 Å². The van der Waals surface area contributed by atoms with Crippen LogP contribution in [0.25, 0.3) is 0 Å². The Balaban J connectivity index is 2.09. The van der Waals surface area contributed by atoms with Gasteiger partial charge in [-0.25, -0.2) is 0 Å². The first kappa shape index (κ1) is 14.6. The Morgan fingerprint density at radius 1 is 1.24 bits per heavy atom. The topological polar surface area (TPSA) is 59.3 Å². The molecule has 0 spiro atoms. The van der Waals surface area contributed by atoms with Gasteiger partial charge < -0.3 is 9.47 Å². The highest BCUT2D eigenvalue weighted by Crippen LogP contribution is 2.20. The molecule has 2 aromatic rings. The fraction of sp³-hybridized carbons (Fsp3) is 0.176. The Morgan fingerprint density at radius 2 is 2.05 bits per heavy atom. The molecular formula is C17H15NO3. The molecule has 0 unspecified atom stereocenters. The second kappa shape index (κ2) is 6.58.